The summed E-state index contributed by atoms with van der Waals surface area (Å²) in [6.07, 6.45) is 9.04. The van der Waals surface area contributed by atoms with Crippen LogP contribution in [-0.2, 0) is 0 Å². The van der Waals surface area contributed by atoms with Gasteiger partial charge in [-0.05, 0) is 12.8 Å². The highest BCUT2D eigenvalue weighted by molar-refractivity contribution is 7.99. The number of carbonyl (C=O) groups is 1. The SMILES string of the molecule is O=C(NCCSc1ncnc2nc[nH]c12)NC1CCCCC1. The number of nitrogens with one attached hydrogen (secondary N) is 3. The lowest BCUT2D eigenvalue weighted by Crippen LogP contribution is -2.43. The van der Waals surface area contributed by atoms with Gasteiger partial charge in [-0.25, -0.2) is 19.7 Å². The second-order valence-electron chi connectivity index (χ2n) is 5.36. The Balaban J connectivity index is 1.40. The van der Waals surface area contributed by atoms with Gasteiger partial charge in [0, 0.05) is 18.3 Å². The number of imidazole rings is 1. The predicted molar refractivity (Wildman–Crippen MR) is 85.8 cm³/mol. The summed E-state index contributed by atoms with van der Waals surface area (Å²) in [5, 5.41) is 6.80. The molecule has 2 aromatic rings. The van der Waals surface area contributed by atoms with E-state index in [-0.39, 0.29) is 6.03 Å². The van der Waals surface area contributed by atoms with Crippen LogP contribution >= 0.6 is 11.8 Å². The first-order chi connectivity index (χ1) is 10.8. The molecule has 8 heteroatoms. The maximum absolute atomic E-state index is 11.8. The van der Waals surface area contributed by atoms with Crippen LogP contribution in [-0.4, -0.2) is 44.3 Å². The minimum absolute atomic E-state index is 0.0677. The van der Waals surface area contributed by atoms with Gasteiger partial charge in [0.25, 0.3) is 0 Å². The first-order valence-corrected chi connectivity index (χ1v) is 8.63. The van der Waals surface area contributed by atoms with E-state index >= 15 is 0 Å². The van der Waals surface area contributed by atoms with Gasteiger partial charge in [-0.3, -0.25) is 0 Å². The smallest absolute Gasteiger partial charge is 0.315 e. The van der Waals surface area contributed by atoms with E-state index in [9.17, 15) is 4.79 Å². The van der Waals surface area contributed by atoms with Crippen LogP contribution in [0.4, 0.5) is 4.79 Å². The number of urea groups is 1. The molecule has 3 rings (SSSR count). The van der Waals surface area contributed by atoms with E-state index in [0.29, 0.717) is 18.2 Å². The lowest BCUT2D eigenvalue weighted by Gasteiger charge is -2.22. The quantitative estimate of drug-likeness (QED) is 0.445. The molecule has 0 unspecified atom stereocenters. The number of carbonyl (C=O) groups excluding carboxylic acids is 1. The lowest BCUT2D eigenvalue weighted by molar-refractivity contribution is 0.233. The average Bonchev–Trinajstić information content (AvgIpc) is 3.02. The third kappa shape index (κ3) is 3.88. The van der Waals surface area contributed by atoms with Gasteiger partial charge in [0.2, 0.25) is 0 Å². The Kier molecular flexibility index (Phi) is 5.10. The molecule has 3 N–H and O–H groups in total. The summed E-state index contributed by atoms with van der Waals surface area (Å²) < 4.78 is 0. The molecule has 2 aromatic heterocycles. The molecule has 0 bridgehead atoms. The van der Waals surface area contributed by atoms with Crippen molar-refractivity contribution in [3.8, 4) is 0 Å². The number of H-pyrrole nitrogens is 1. The topological polar surface area (TPSA) is 95.6 Å². The normalized spacial score (nSPS) is 15.8. The zero-order valence-corrected chi connectivity index (χ0v) is 13.2. The third-order valence-electron chi connectivity index (χ3n) is 3.75. The molecule has 7 nitrogen and oxygen atoms in total. The molecule has 0 spiro atoms. The summed E-state index contributed by atoms with van der Waals surface area (Å²) in [5.74, 6) is 0.753. The van der Waals surface area contributed by atoms with Gasteiger partial charge in [0.15, 0.2) is 5.65 Å². The number of hydrogen-bond acceptors (Lipinski definition) is 5. The Hall–Kier alpha value is -1.83. The Bertz CT molecular complexity index is 625. The van der Waals surface area contributed by atoms with Gasteiger partial charge >= 0.3 is 6.03 Å². The van der Waals surface area contributed by atoms with Crippen molar-refractivity contribution in [3.63, 3.8) is 0 Å². The maximum atomic E-state index is 11.8. The lowest BCUT2D eigenvalue weighted by atomic mass is 9.96. The van der Waals surface area contributed by atoms with Crippen LogP contribution < -0.4 is 10.6 Å². The molecule has 2 heterocycles. The molecule has 0 aromatic carbocycles. The van der Waals surface area contributed by atoms with Crippen LogP contribution in [0.25, 0.3) is 11.2 Å². The van der Waals surface area contributed by atoms with Crippen molar-refractivity contribution in [3.05, 3.63) is 12.7 Å². The van der Waals surface area contributed by atoms with E-state index in [4.69, 9.17) is 0 Å². The zero-order valence-electron chi connectivity index (χ0n) is 12.3. The molecule has 118 valence electrons. The van der Waals surface area contributed by atoms with Gasteiger partial charge < -0.3 is 15.6 Å². The van der Waals surface area contributed by atoms with Crippen molar-refractivity contribution in [1.29, 1.82) is 0 Å². The molecule has 0 saturated heterocycles. The van der Waals surface area contributed by atoms with E-state index in [1.807, 2.05) is 0 Å². The number of hydrogen-bond donors (Lipinski definition) is 3. The van der Waals surface area contributed by atoms with Crippen molar-refractivity contribution in [1.82, 2.24) is 30.6 Å². The van der Waals surface area contributed by atoms with Crippen LogP contribution in [0.15, 0.2) is 17.7 Å². The third-order valence-corrected chi connectivity index (χ3v) is 4.75. The van der Waals surface area contributed by atoms with E-state index in [0.717, 1.165) is 29.1 Å². The standard InChI is InChI=1S/C14H20N6OS/c21-14(20-10-4-2-1-3-5-10)15-6-7-22-13-11-12(17-8-16-11)18-9-19-13/h8-10H,1-7H2,(H2,15,20,21)(H,16,17,18,19). The molecule has 0 atom stereocenters. The Morgan fingerprint density at radius 3 is 3.00 bits per heavy atom. The maximum Gasteiger partial charge on any atom is 0.315 e. The van der Waals surface area contributed by atoms with Gasteiger partial charge in [-0.1, -0.05) is 19.3 Å². The van der Waals surface area contributed by atoms with Crippen molar-refractivity contribution in [2.75, 3.05) is 12.3 Å². The number of fused-ring (bicyclic) bond motifs is 1. The van der Waals surface area contributed by atoms with E-state index in [1.54, 1.807) is 18.1 Å². The van der Waals surface area contributed by atoms with Crippen LogP contribution in [0.2, 0.25) is 0 Å². The van der Waals surface area contributed by atoms with E-state index in [1.165, 1.54) is 25.6 Å². The molecule has 22 heavy (non-hydrogen) atoms. The number of aromatic nitrogens is 4. The highest BCUT2D eigenvalue weighted by atomic mass is 32.2. The van der Waals surface area contributed by atoms with E-state index in [2.05, 4.69) is 30.6 Å². The first kappa shape index (κ1) is 15.1. The second-order valence-corrected chi connectivity index (χ2v) is 6.45. The van der Waals surface area contributed by atoms with Gasteiger partial charge in [0.05, 0.1) is 6.33 Å². The number of nitrogens with zero attached hydrogens (tertiary/aromatic N) is 3. The fourth-order valence-electron chi connectivity index (χ4n) is 2.65. The molecule has 0 aliphatic heterocycles. The molecular formula is C14H20N6OS. The summed E-state index contributed by atoms with van der Waals surface area (Å²) >= 11 is 1.58. The Morgan fingerprint density at radius 1 is 1.27 bits per heavy atom. The van der Waals surface area contributed by atoms with Gasteiger partial charge in [0.1, 0.15) is 16.9 Å². The van der Waals surface area contributed by atoms with Crippen LogP contribution in [0.5, 0.6) is 0 Å². The monoisotopic (exact) mass is 320 g/mol. The largest absolute Gasteiger partial charge is 0.341 e. The van der Waals surface area contributed by atoms with Crippen molar-refractivity contribution in [2.45, 2.75) is 43.2 Å². The molecule has 1 fully saturated rings. The molecule has 1 aliphatic rings. The molecule has 1 aliphatic carbocycles. The molecule has 0 radical (unpaired) electrons. The summed E-state index contributed by atoms with van der Waals surface area (Å²) in [6.45, 7) is 0.600. The fraction of sp³-hybridized carbons (Fsp3) is 0.571. The fourth-order valence-corrected chi connectivity index (χ4v) is 3.46. The molecule has 2 amide bonds. The van der Waals surface area contributed by atoms with Crippen molar-refractivity contribution in [2.24, 2.45) is 0 Å². The summed E-state index contributed by atoms with van der Waals surface area (Å²) in [7, 11) is 0. The summed E-state index contributed by atoms with van der Waals surface area (Å²) in [6, 6.07) is 0.273. The van der Waals surface area contributed by atoms with E-state index < -0.39 is 0 Å². The summed E-state index contributed by atoms with van der Waals surface area (Å²) in [5.41, 5.74) is 1.51. The highest BCUT2D eigenvalue weighted by Gasteiger charge is 2.15. The van der Waals surface area contributed by atoms with Gasteiger partial charge in [-0.15, -0.1) is 11.8 Å². The minimum Gasteiger partial charge on any atom is -0.341 e. The van der Waals surface area contributed by atoms with Crippen molar-refractivity contribution < 1.29 is 4.79 Å². The van der Waals surface area contributed by atoms with Crippen LogP contribution in [0.3, 0.4) is 0 Å². The highest BCUT2D eigenvalue weighted by Crippen LogP contribution is 2.21. The number of thioether (sulfide) groups is 1. The second kappa shape index (κ2) is 7.44. The number of rotatable bonds is 5. The number of amides is 2. The van der Waals surface area contributed by atoms with Crippen LogP contribution in [0, 0.1) is 0 Å². The zero-order chi connectivity index (χ0) is 15.2. The minimum atomic E-state index is -0.0677. The Morgan fingerprint density at radius 2 is 2.14 bits per heavy atom. The van der Waals surface area contributed by atoms with Crippen LogP contribution in [0.1, 0.15) is 32.1 Å². The van der Waals surface area contributed by atoms with Gasteiger partial charge in [-0.2, -0.15) is 0 Å². The predicted octanol–water partition coefficient (Wildman–Crippen LogP) is 2.08. The molecule has 1 saturated carbocycles. The number of aromatic amines is 1. The summed E-state index contributed by atoms with van der Waals surface area (Å²) in [4.78, 5) is 27.3. The average molecular weight is 320 g/mol. The molecular weight excluding hydrogens is 300 g/mol. The first-order valence-electron chi connectivity index (χ1n) is 7.64. The Labute approximate surface area is 133 Å². The van der Waals surface area contributed by atoms with Crippen molar-refractivity contribution >= 4 is 29.0 Å².